The summed E-state index contributed by atoms with van der Waals surface area (Å²) < 4.78 is 12.0. The monoisotopic (exact) mass is 465 g/mol. The first kappa shape index (κ1) is 22.6. The van der Waals surface area contributed by atoms with Crippen molar-refractivity contribution >= 4 is 34.4 Å². The number of ketones is 1. The molecule has 0 atom stereocenters. The van der Waals surface area contributed by atoms with E-state index in [0.29, 0.717) is 44.3 Å². The number of fused-ring (bicyclic) bond motifs is 1. The number of aryl methyl sites for hydroxylation is 1. The van der Waals surface area contributed by atoms with Crippen molar-refractivity contribution in [1.82, 2.24) is 14.5 Å². The molecule has 1 N–H and O–H groups in total. The zero-order valence-electron chi connectivity index (χ0n) is 18.5. The minimum absolute atomic E-state index is 0.0337. The van der Waals surface area contributed by atoms with Crippen LogP contribution in [0.3, 0.4) is 0 Å². The Hall–Kier alpha value is -3.59. The van der Waals surface area contributed by atoms with Crippen LogP contribution in [0, 0.1) is 13.8 Å². The van der Waals surface area contributed by atoms with Crippen molar-refractivity contribution in [1.29, 1.82) is 0 Å². The average molecular weight is 466 g/mol. The van der Waals surface area contributed by atoms with Crippen LogP contribution >= 0.6 is 11.8 Å². The minimum Gasteiger partial charge on any atom is -0.467 e. The number of hydrogen-bond acceptors (Lipinski definition) is 7. The molecule has 4 rings (SSSR count). The molecule has 3 aromatic heterocycles. The smallest absolute Gasteiger partial charge is 0.340 e. The number of furan rings is 1. The highest BCUT2D eigenvalue weighted by atomic mass is 32.2. The summed E-state index contributed by atoms with van der Waals surface area (Å²) >= 11 is 1.17. The van der Waals surface area contributed by atoms with Crippen LogP contribution in [-0.4, -0.2) is 38.6 Å². The lowest BCUT2D eigenvalue weighted by molar-refractivity contribution is 0.0525. The Labute approximate surface area is 194 Å². The largest absolute Gasteiger partial charge is 0.467 e. The summed E-state index contributed by atoms with van der Waals surface area (Å²) in [6.45, 7) is 5.64. The Kier molecular flexibility index (Phi) is 6.50. The molecule has 170 valence electrons. The van der Waals surface area contributed by atoms with Gasteiger partial charge in [-0.2, -0.15) is 0 Å². The summed E-state index contributed by atoms with van der Waals surface area (Å²) in [4.78, 5) is 46.1. The van der Waals surface area contributed by atoms with Gasteiger partial charge in [0.05, 0.1) is 47.3 Å². The van der Waals surface area contributed by atoms with Crippen molar-refractivity contribution in [3.05, 3.63) is 81.3 Å². The second kappa shape index (κ2) is 9.50. The van der Waals surface area contributed by atoms with Gasteiger partial charge in [0.2, 0.25) is 0 Å². The summed E-state index contributed by atoms with van der Waals surface area (Å²) in [5.41, 5.74) is 2.22. The normalized spacial score (nSPS) is 11.1. The highest BCUT2D eigenvalue weighted by Crippen LogP contribution is 2.24. The van der Waals surface area contributed by atoms with Crippen LogP contribution in [0.15, 0.2) is 57.0 Å². The number of ether oxygens (including phenoxy) is 1. The molecular weight excluding hydrogens is 442 g/mol. The third-order valence-electron chi connectivity index (χ3n) is 5.25. The van der Waals surface area contributed by atoms with Crippen LogP contribution < -0.4 is 5.56 Å². The van der Waals surface area contributed by atoms with Crippen molar-refractivity contribution in [3.8, 4) is 0 Å². The zero-order valence-corrected chi connectivity index (χ0v) is 19.3. The number of aromatic amines is 1. The summed E-state index contributed by atoms with van der Waals surface area (Å²) in [6.07, 6.45) is 1.54. The molecule has 9 heteroatoms. The number of para-hydroxylation sites is 1. The van der Waals surface area contributed by atoms with Gasteiger partial charge in [0.1, 0.15) is 5.76 Å². The zero-order chi connectivity index (χ0) is 23.5. The maximum Gasteiger partial charge on any atom is 0.340 e. The third kappa shape index (κ3) is 4.49. The van der Waals surface area contributed by atoms with Gasteiger partial charge in [0.15, 0.2) is 10.9 Å². The first-order valence-electron chi connectivity index (χ1n) is 10.4. The highest BCUT2D eigenvalue weighted by Gasteiger charge is 2.23. The summed E-state index contributed by atoms with van der Waals surface area (Å²) in [7, 11) is 0. The number of nitrogens with zero attached hydrogens (tertiary/aromatic N) is 2. The molecule has 0 aliphatic carbocycles. The number of carbonyl (C=O) groups is 2. The van der Waals surface area contributed by atoms with Crippen molar-refractivity contribution in [2.24, 2.45) is 0 Å². The number of aromatic nitrogens is 3. The maximum atomic E-state index is 13.2. The van der Waals surface area contributed by atoms with E-state index in [2.05, 4.69) is 9.97 Å². The van der Waals surface area contributed by atoms with E-state index >= 15 is 0 Å². The van der Waals surface area contributed by atoms with Gasteiger partial charge in [-0.1, -0.05) is 23.9 Å². The second-order valence-corrected chi connectivity index (χ2v) is 8.38. The van der Waals surface area contributed by atoms with Gasteiger partial charge in [-0.25, -0.2) is 9.78 Å². The van der Waals surface area contributed by atoms with Crippen molar-refractivity contribution in [2.45, 2.75) is 32.5 Å². The molecule has 0 saturated heterocycles. The highest BCUT2D eigenvalue weighted by molar-refractivity contribution is 7.99. The maximum absolute atomic E-state index is 13.2. The van der Waals surface area contributed by atoms with Crippen LogP contribution in [0.25, 0.3) is 10.9 Å². The van der Waals surface area contributed by atoms with E-state index in [1.165, 1.54) is 16.3 Å². The van der Waals surface area contributed by atoms with Crippen molar-refractivity contribution in [2.75, 3.05) is 12.4 Å². The van der Waals surface area contributed by atoms with Crippen molar-refractivity contribution < 1.29 is 18.7 Å². The van der Waals surface area contributed by atoms with E-state index < -0.39 is 5.97 Å². The fourth-order valence-corrected chi connectivity index (χ4v) is 4.57. The van der Waals surface area contributed by atoms with Crippen LogP contribution in [-0.2, 0) is 11.3 Å². The Morgan fingerprint density at radius 2 is 1.97 bits per heavy atom. The summed E-state index contributed by atoms with van der Waals surface area (Å²) in [6, 6.07) is 10.6. The molecule has 0 bridgehead atoms. The minimum atomic E-state index is -0.459. The number of rotatable bonds is 8. The molecule has 0 aliphatic rings. The topological polar surface area (TPSA) is 107 Å². The van der Waals surface area contributed by atoms with Gasteiger partial charge < -0.3 is 14.1 Å². The third-order valence-corrected chi connectivity index (χ3v) is 6.23. The van der Waals surface area contributed by atoms with Gasteiger partial charge in [0, 0.05) is 5.69 Å². The SMILES string of the molecule is CCOC(=O)c1c(C)[nH]c(C(=O)CSc2nc3ccccc3c(=O)n2Cc2ccco2)c1C. The van der Waals surface area contributed by atoms with E-state index in [9.17, 15) is 14.4 Å². The first-order chi connectivity index (χ1) is 15.9. The molecule has 0 unspecified atom stereocenters. The number of Topliss-reactive ketones (excluding diaryl/α,β-unsaturated/α-hetero) is 1. The second-order valence-electron chi connectivity index (χ2n) is 7.44. The fraction of sp³-hybridized carbons (Fsp3) is 0.250. The molecular formula is C24H23N3O5S. The average Bonchev–Trinajstić information content (AvgIpc) is 3.41. The number of nitrogens with one attached hydrogen (secondary N) is 1. The molecule has 1 aromatic carbocycles. The molecule has 0 fully saturated rings. The number of carbonyl (C=O) groups excluding carboxylic acids is 2. The molecule has 33 heavy (non-hydrogen) atoms. The molecule has 4 aromatic rings. The van der Waals surface area contributed by atoms with Gasteiger partial charge >= 0.3 is 5.97 Å². The molecule has 3 heterocycles. The molecule has 0 saturated carbocycles. The summed E-state index contributed by atoms with van der Waals surface area (Å²) in [5, 5.41) is 0.907. The van der Waals surface area contributed by atoms with Gasteiger partial charge in [-0.3, -0.25) is 14.2 Å². The predicted molar refractivity (Wildman–Crippen MR) is 125 cm³/mol. The van der Waals surface area contributed by atoms with E-state index in [1.54, 1.807) is 57.4 Å². The van der Waals surface area contributed by atoms with Crippen LogP contribution in [0.5, 0.6) is 0 Å². The Balaban J connectivity index is 1.64. The van der Waals surface area contributed by atoms with Crippen LogP contribution in [0.2, 0.25) is 0 Å². The first-order valence-corrected chi connectivity index (χ1v) is 11.4. The summed E-state index contributed by atoms with van der Waals surface area (Å²) in [5.74, 6) is -0.0225. The molecule has 8 nitrogen and oxygen atoms in total. The molecule has 0 amide bonds. The van der Waals surface area contributed by atoms with Crippen LogP contribution in [0.4, 0.5) is 0 Å². The molecule has 0 aliphatic heterocycles. The van der Waals surface area contributed by atoms with Gasteiger partial charge in [-0.15, -0.1) is 0 Å². The number of esters is 1. The van der Waals surface area contributed by atoms with Gasteiger partial charge in [-0.05, 0) is 50.6 Å². The number of benzene rings is 1. The molecule has 0 radical (unpaired) electrons. The number of H-pyrrole nitrogens is 1. The number of thioether (sulfide) groups is 1. The Morgan fingerprint density at radius 1 is 1.18 bits per heavy atom. The predicted octanol–water partition coefficient (Wildman–Crippen LogP) is 4.13. The fourth-order valence-electron chi connectivity index (χ4n) is 3.70. The standard InChI is InChI=1S/C24H23N3O5S/c1-4-31-23(30)20-14(2)21(25-15(20)3)19(28)13-33-24-26-18-10-6-5-9-17(18)22(29)27(24)12-16-8-7-11-32-16/h5-11,25H,4,12-13H2,1-3H3. The quantitative estimate of drug-likeness (QED) is 0.180. The molecule has 0 spiro atoms. The van der Waals surface area contributed by atoms with Crippen molar-refractivity contribution in [3.63, 3.8) is 0 Å². The Bertz CT molecular complexity index is 1390. The lowest BCUT2D eigenvalue weighted by Gasteiger charge is -2.12. The Morgan fingerprint density at radius 3 is 2.70 bits per heavy atom. The number of hydrogen-bond donors (Lipinski definition) is 1. The van der Waals surface area contributed by atoms with E-state index in [-0.39, 0.29) is 30.2 Å². The van der Waals surface area contributed by atoms with E-state index in [1.807, 2.05) is 6.07 Å². The van der Waals surface area contributed by atoms with E-state index in [4.69, 9.17) is 9.15 Å². The lowest BCUT2D eigenvalue weighted by Crippen LogP contribution is -2.24. The van der Waals surface area contributed by atoms with Crippen LogP contribution in [0.1, 0.15) is 44.8 Å². The lowest BCUT2D eigenvalue weighted by atomic mass is 10.1. The van der Waals surface area contributed by atoms with Gasteiger partial charge in [0.25, 0.3) is 5.56 Å². The van der Waals surface area contributed by atoms with E-state index in [0.717, 1.165) is 0 Å².